The van der Waals surface area contributed by atoms with E-state index in [1.807, 2.05) is 41.0 Å². The van der Waals surface area contributed by atoms with Crippen molar-refractivity contribution in [2.24, 2.45) is 0 Å². The Morgan fingerprint density at radius 1 is 1.09 bits per heavy atom. The van der Waals surface area contributed by atoms with E-state index >= 15 is 0 Å². The molecule has 0 saturated carbocycles. The van der Waals surface area contributed by atoms with Crippen molar-refractivity contribution in [3.63, 3.8) is 0 Å². The summed E-state index contributed by atoms with van der Waals surface area (Å²) >= 11 is 0. The fourth-order valence-electron chi connectivity index (χ4n) is 2.56. The van der Waals surface area contributed by atoms with Crippen molar-refractivity contribution in [3.8, 4) is 5.75 Å². The molecular formula is C18H21N3O. The quantitative estimate of drug-likeness (QED) is 0.706. The average Bonchev–Trinajstić information content (AvgIpc) is 2.88. The zero-order chi connectivity index (χ0) is 15.4. The lowest BCUT2D eigenvalue weighted by Crippen LogP contribution is -2.07. The number of nitrogen functional groups attached to an aromatic ring is 1. The second-order valence-corrected chi connectivity index (χ2v) is 5.31. The predicted octanol–water partition coefficient (Wildman–Crippen LogP) is 3.65. The Balaban J connectivity index is 1.57. The number of para-hydroxylation sites is 2. The van der Waals surface area contributed by atoms with Gasteiger partial charge in [0.15, 0.2) is 0 Å². The van der Waals surface area contributed by atoms with E-state index in [9.17, 15) is 0 Å². The van der Waals surface area contributed by atoms with Crippen LogP contribution >= 0.6 is 0 Å². The van der Waals surface area contributed by atoms with E-state index in [1.165, 1.54) is 5.56 Å². The maximum absolute atomic E-state index is 5.99. The molecule has 0 fully saturated rings. The second kappa shape index (κ2) is 6.52. The number of nitrogens with two attached hydrogens (primary N) is 1. The van der Waals surface area contributed by atoms with Gasteiger partial charge in [-0.3, -0.25) is 0 Å². The number of nitrogens with zero attached hydrogens (tertiary/aromatic N) is 2. The highest BCUT2D eigenvalue weighted by atomic mass is 16.5. The molecule has 0 spiro atoms. The van der Waals surface area contributed by atoms with Gasteiger partial charge in [-0.15, -0.1) is 0 Å². The van der Waals surface area contributed by atoms with Crippen molar-refractivity contribution in [1.82, 2.24) is 9.55 Å². The molecule has 0 amide bonds. The molecule has 22 heavy (non-hydrogen) atoms. The number of aromatic nitrogens is 2. The highest BCUT2D eigenvalue weighted by Gasteiger charge is 2.06. The molecule has 0 saturated heterocycles. The smallest absolute Gasteiger partial charge is 0.201 e. The summed E-state index contributed by atoms with van der Waals surface area (Å²) in [6.45, 7) is 3.62. The van der Waals surface area contributed by atoms with E-state index in [-0.39, 0.29) is 0 Å². The molecule has 0 aliphatic heterocycles. The molecule has 0 atom stereocenters. The minimum absolute atomic E-state index is 0.563. The third-order valence-corrected chi connectivity index (χ3v) is 3.81. The first-order valence-electron chi connectivity index (χ1n) is 7.70. The number of benzene rings is 2. The monoisotopic (exact) mass is 295 g/mol. The van der Waals surface area contributed by atoms with E-state index in [0.29, 0.717) is 12.6 Å². The molecule has 3 rings (SSSR count). The van der Waals surface area contributed by atoms with Crippen molar-refractivity contribution in [3.05, 3.63) is 54.1 Å². The lowest BCUT2D eigenvalue weighted by Gasteiger charge is -2.09. The summed E-state index contributed by atoms with van der Waals surface area (Å²) in [6.07, 6.45) is 1.94. The summed E-state index contributed by atoms with van der Waals surface area (Å²) in [4.78, 5) is 4.37. The number of hydrogen-bond donors (Lipinski definition) is 1. The highest BCUT2D eigenvalue weighted by Crippen LogP contribution is 2.18. The Morgan fingerprint density at radius 3 is 2.64 bits per heavy atom. The van der Waals surface area contributed by atoms with E-state index in [4.69, 9.17) is 10.5 Å². The Labute approximate surface area is 130 Å². The lowest BCUT2D eigenvalue weighted by molar-refractivity contribution is 0.303. The van der Waals surface area contributed by atoms with Crippen molar-refractivity contribution in [1.29, 1.82) is 0 Å². The van der Waals surface area contributed by atoms with Gasteiger partial charge in [-0.25, -0.2) is 4.98 Å². The largest absolute Gasteiger partial charge is 0.494 e. The van der Waals surface area contributed by atoms with E-state index in [0.717, 1.165) is 36.2 Å². The Kier molecular flexibility index (Phi) is 4.28. The van der Waals surface area contributed by atoms with Gasteiger partial charge in [0.05, 0.1) is 17.6 Å². The number of ether oxygens (including phenoxy) is 1. The summed E-state index contributed by atoms with van der Waals surface area (Å²) in [6, 6.07) is 16.3. The van der Waals surface area contributed by atoms with Gasteiger partial charge < -0.3 is 15.0 Å². The van der Waals surface area contributed by atoms with E-state index in [1.54, 1.807) is 0 Å². The highest BCUT2D eigenvalue weighted by molar-refractivity contribution is 5.78. The zero-order valence-electron chi connectivity index (χ0n) is 12.8. The lowest BCUT2D eigenvalue weighted by atomic mass is 10.2. The molecule has 2 aromatic carbocycles. The molecular weight excluding hydrogens is 274 g/mol. The van der Waals surface area contributed by atoms with E-state index in [2.05, 4.69) is 24.0 Å². The van der Waals surface area contributed by atoms with Crippen LogP contribution in [0.3, 0.4) is 0 Å². The molecule has 0 radical (unpaired) electrons. The molecule has 4 heteroatoms. The van der Waals surface area contributed by atoms with Crippen molar-refractivity contribution in [2.75, 3.05) is 12.3 Å². The minimum atomic E-state index is 0.563. The van der Waals surface area contributed by atoms with Gasteiger partial charge in [-0.2, -0.15) is 0 Å². The van der Waals surface area contributed by atoms with Crippen LogP contribution in [0.15, 0.2) is 48.5 Å². The van der Waals surface area contributed by atoms with Crippen molar-refractivity contribution < 1.29 is 4.74 Å². The van der Waals surface area contributed by atoms with E-state index < -0.39 is 0 Å². The van der Waals surface area contributed by atoms with Crippen LogP contribution in [0.2, 0.25) is 0 Å². The van der Waals surface area contributed by atoms with Crippen LogP contribution < -0.4 is 10.5 Å². The third kappa shape index (κ3) is 3.06. The molecule has 114 valence electrons. The van der Waals surface area contributed by atoms with Crippen LogP contribution in [-0.4, -0.2) is 16.2 Å². The normalized spacial score (nSPS) is 11.0. The standard InChI is InChI=1S/C18H21N3O/c1-2-14-8-10-15(11-9-14)22-13-5-12-21-17-7-4-3-6-16(17)20-18(21)19/h3-4,6-11H,2,5,12-13H2,1H3,(H2,19,20). The summed E-state index contributed by atoms with van der Waals surface area (Å²) < 4.78 is 7.82. The minimum Gasteiger partial charge on any atom is -0.494 e. The summed E-state index contributed by atoms with van der Waals surface area (Å²) in [5.74, 6) is 1.48. The summed E-state index contributed by atoms with van der Waals surface area (Å²) in [5, 5.41) is 0. The van der Waals surface area contributed by atoms with Gasteiger partial charge in [0.2, 0.25) is 5.95 Å². The van der Waals surface area contributed by atoms with Gasteiger partial charge in [0.1, 0.15) is 5.75 Å². The van der Waals surface area contributed by atoms with Gasteiger partial charge in [0.25, 0.3) is 0 Å². The first kappa shape index (κ1) is 14.4. The number of rotatable bonds is 6. The predicted molar refractivity (Wildman–Crippen MR) is 90.1 cm³/mol. The van der Waals surface area contributed by atoms with Crippen LogP contribution in [0.5, 0.6) is 5.75 Å². The molecule has 4 nitrogen and oxygen atoms in total. The maximum atomic E-state index is 5.99. The molecule has 0 aliphatic carbocycles. The first-order valence-corrected chi connectivity index (χ1v) is 7.70. The Bertz CT molecular complexity index is 747. The number of fused-ring (bicyclic) bond motifs is 1. The Morgan fingerprint density at radius 2 is 1.86 bits per heavy atom. The maximum Gasteiger partial charge on any atom is 0.201 e. The molecule has 1 heterocycles. The first-order chi connectivity index (χ1) is 10.8. The van der Waals surface area contributed by atoms with Crippen LogP contribution in [0.25, 0.3) is 11.0 Å². The molecule has 1 aromatic heterocycles. The molecule has 2 N–H and O–H groups in total. The molecule has 3 aromatic rings. The second-order valence-electron chi connectivity index (χ2n) is 5.31. The van der Waals surface area contributed by atoms with Gasteiger partial charge in [-0.05, 0) is 42.7 Å². The molecule has 0 unspecified atom stereocenters. The molecule has 0 aliphatic rings. The number of aryl methyl sites for hydroxylation is 2. The van der Waals surface area contributed by atoms with Crippen LogP contribution in [0.1, 0.15) is 18.9 Å². The number of anilines is 1. The van der Waals surface area contributed by atoms with Gasteiger partial charge in [-0.1, -0.05) is 31.2 Å². The number of imidazole rings is 1. The molecule has 0 bridgehead atoms. The summed E-state index contributed by atoms with van der Waals surface area (Å²) in [5.41, 5.74) is 9.33. The number of hydrogen-bond acceptors (Lipinski definition) is 3. The topological polar surface area (TPSA) is 53.1 Å². The van der Waals surface area contributed by atoms with Crippen LogP contribution in [-0.2, 0) is 13.0 Å². The fraction of sp³-hybridized carbons (Fsp3) is 0.278. The Hall–Kier alpha value is -2.49. The van der Waals surface area contributed by atoms with Crippen molar-refractivity contribution in [2.45, 2.75) is 26.3 Å². The third-order valence-electron chi connectivity index (χ3n) is 3.81. The van der Waals surface area contributed by atoms with Crippen molar-refractivity contribution >= 4 is 17.0 Å². The van der Waals surface area contributed by atoms with Gasteiger partial charge >= 0.3 is 0 Å². The van der Waals surface area contributed by atoms with Crippen LogP contribution in [0, 0.1) is 0 Å². The fourth-order valence-corrected chi connectivity index (χ4v) is 2.56. The van der Waals surface area contributed by atoms with Gasteiger partial charge in [0, 0.05) is 6.54 Å². The zero-order valence-corrected chi connectivity index (χ0v) is 12.8. The average molecular weight is 295 g/mol. The summed E-state index contributed by atoms with van der Waals surface area (Å²) in [7, 11) is 0. The SMILES string of the molecule is CCc1ccc(OCCCn2c(N)nc3ccccc32)cc1. The van der Waals surface area contributed by atoms with Crippen LogP contribution in [0.4, 0.5) is 5.95 Å².